The lowest BCUT2D eigenvalue weighted by Gasteiger charge is -2.12. The number of rotatable bonds is 7. The van der Waals surface area contributed by atoms with Gasteiger partial charge in [0.2, 0.25) is 10.0 Å². The number of hydrogen-bond donors (Lipinski definition) is 1. The molecule has 11 heteroatoms. The van der Waals surface area contributed by atoms with Gasteiger partial charge in [-0.3, -0.25) is 4.72 Å². The Hall–Kier alpha value is -1.55. The van der Waals surface area contributed by atoms with Gasteiger partial charge in [-0.05, 0) is 23.8 Å². The first-order valence-electron chi connectivity index (χ1n) is 7.28. The van der Waals surface area contributed by atoms with Crippen molar-refractivity contribution in [2.75, 3.05) is 17.6 Å². The van der Waals surface area contributed by atoms with Crippen LogP contribution in [0.5, 0.6) is 5.75 Å². The molecule has 1 aromatic carbocycles. The van der Waals surface area contributed by atoms with Crippen LogP contribution in [-0.4, -0.2) is 34.7 Å². The number of anilines is 1. The first-order chi connectivity index (χ1) is 12.1. The molecule has 1 N–H and O–H groups in total. The summed E-state index contributed by atoms with van der Waals surface area (Å²) < 4.78 is 55.9. The number of pyridine rings is 1. The summed E-state index contributed by atoms with van der Waals surface area (Å²) in [6, 6.07) is 5.67. The highest BCUT2D eigenvalue weighted by Crippen LogP contribution is 2.27. The lowest BCUT2D eigenvalue weighted by molar-refractivity contribution is 0.413. The van der Waals surface area contributed by atoms with Crippen molar-refractivity contribution in [2.45, 2.75) is 17.6 Å². The molecular formula is C15H16Cl2N2O5S2. The number of nitrogens with zero attached hydrogens (tertiary/aromatic N) is 1. The first-order valence-corrected chi connectivity index (χ1v) is 11.3. The van der Waals surface area contributed by atoms with Crippen molar-refractivity contribution in [1.82, 2.24) is 4.98 Å². The third-order valence-electron chi connectivity index (χ3n) is 3.32. The standard InChI is InChI=1S/C15H16Cl2N2O5S2/c1-3-25(20,21)13-7-14(24-2)15(18-8-13)19-26(22,23)9-10-4-11(16)6-12(17)5-10/h4-8H,3,9H2,1-2H3,(H,18,19). The zero-order chi connectivity index (χ0) is 19.5. The van der Waals surface area contributed by atoms with Crippen LogP contribution in [0.1, 0.15) is 12.5 Å². The first kappa shape index (κ1) is 20.8. The number of aromatic nitrogens is 1. The molecule has 26 heavy (non-hydrogen) atoms. The largest absolute Gasteiger partial charge is 0.493 e. The third-order valence-corrected chi connectivity index (χ3v) is 6.67. The lowest BCUT2D eigenvalue weighted by atomic mass is 10.2. The molecule has 0 saturated carbocycles. The van der Waals surface area contributed by atoms with Crippen LogP contribution in [0.2, 0.25) is 10.0 Å². The van der Waals surface area contributed by atoms with Crippen molar-refractivity contribution >= 4 is 48.9 Å². The zero-order valence-electron chi connectivity index (χ0n) is 13.9. The highest BCUT2D eigenvalue weighted by Gasteiger charge is 2.20. The molecule has 0 amide bonds. The fourth-order valence-corrected chi connectivity index (χ4v) is 4.62. The van der Waals surface area contributed by atoms with E-state index in [4.69, 9.17) is 27.9 Å². The van der Waals surface area contributed by atoms with Gasteiger partial charge in [0.15, 0.2) is 21.4 Å². The summed E-state index contributed by atoms with van der Waals surface area (Å²) in [6.07, 6.45) is 1.08. The van der Waals surface area contributed by atoms with E-state index in [1.807, 2.05) is 0 Å². The van der Waals surface area contributed by atoms with Gasteiger partial charge < -0.3 is 4.74 Å². The van der Waals surface area contributed by atoms with Gasteiger partial charge in [-0.25, -0.2) is 21.8 Å². The number of methoxy groups -OCH3 is 1. The predicted octanol–water partition coefficient (Wildman–Crippen LogP) is 3.13. The molecule has 142 valence electrons. The van der Waals surface area contributed by atoms with Gasteiger partial charge in [-0.15, -0.1) is 0 Å². The van der Waals surface area contributed by atoms with Crippen molar-refractivity contribution in [2.24, 2.45) is 0 Å². The minimum Gasteiger partial charge on any atom is -0.493 e. The number of hydrogen-bond acceptors (Lipinski definition) is 6. The summed E-state index contributed by atoms with van der Waals surface area (Å²) in [6.45, 7) is 1.49. The van der Waals surface area contributed by atoms with Gasteiger partial charge in [0.25, 0.3) is 0 Å². The summed E-state index contributed by atoms with van der Waals surface area (Å²) in [4.78, 5) is 3.82. The van der Waals surface area contributed by atoms with Crippen LogP contribution >= 0.6 is 23.2 Å². The normalized spacial score (nSPS) is 12.0. The second kappa shape index (κ2) is 7.99. The minimum absolute atomic E-state index is 0.00720. The lowest BCUT2D eigenvalue weighted by Crippen LogP contribution is -2.17. The fourth-order valence-electron chi connectivity index (χ4n) is 2.09. The van der Waals surface area contributed by atoms with Gasteiger partial charge in [-0.1, -0.05) is 30.1 Å². The Morgan fingerprint density at radius 3 is 2.23 bits per heavy atom. The third kappa shape index (κ3) is 5.23. The summed E-state index contributed by atoms with van der Waals surface area (Å²) in [7, 11) is -6.08. The SMILES string of the molecule is CCS(=O)(=O)c1cnc(NS(=O)(=O)Cc2cc(Cl)cc(Cl)c2)c(OC)c1. The van der Waals surface area contributed by atoms with E-state index in [9.17, 15) is 16.8 Å². The molecule has 0 fully saturated rings. The highest BCUT2D eigenvalue weighted by atomic mass is 35.5. The van der Waals surface area contributed by atoms with E-state index in [1.54, 1.807) is 0 Å². The predicted molar refractivity (Wildman–Crippen MR) is 101 cm³/mol. The smallest absolute Gasteiger partial charge is 0.238 e. The number of benzene rings is 1. The van der Waals surface area contributed by atoms with E-state index < -0.39 is 25.6 Å². The Morgan fingerprint density at radius 2 is 1.69 bits per heavy atom. The molecule has 0 aliphatic carbocycles. The zero-order valence-corrected chi connectivity index (χ0v) is 17.0. The van der Waals surface area contributed by atoms with Crippen molar-refractivity contribution in [1.29, 1.82) is 0 Å². The molecule has 0 bridgehead atoms. The number of nitrogens with one attached hydrogen (secondary N) is 1. The molecule has 0 spiro atoms. The Labute approximate surface area is 162 Å². The molecular weight excluding hydrogens is 423 g/mol. The van der Waals surface area contributed by atoms with E-state index in [-0.39, 0.29) is 22.2 Å². The van der Waals surface area contributed by atoms with Gasteiger partial charge in [0.05, 0.1) is 23.5 Å². The molecule has 0 radical (unpaired) electrons. The monoisotopic (exact) mass is 438 g/mol. The molecule has 2 aromatic rings. The van der Waals surface area contributed by atoms with Crippen molar-refractivity contribution < 1.29 is 21.6 Å². The van der Waals surface area contributed by atoms with E-state index in [2.05, 4.69) is 9.71 Å². The molecule has 1 heterocycles. The molecule has 1 aromatic heterocycles. The molecule has 0 aliphatic heterocycles. The Bertz CT molecular complexity index is 1000. The number of halogens is 2. The van der Waals surface area contributed by atoms with Gasteiger partial charge in [-0.2, -0.15) is 0 Å². The minimum atomic E-state index is -3.87. The fraction of sp³-hybridized carbons (Fsp3) is 0.267. The average molecular weight is 439 g/mol. The number of sulfone groups is 1. The van der Waals surface area contributed by atoms with Crippen LogP contribution in [-0.2, 0) is 25.6 Å². The molecule has 0 aliphatic rings. The van der Waals surface area contributed by atoms with E-state index in [0.717, 1.165) is 6.20 Å². The average Bonchev–Trinajstić information content (AvgIpc) is 2.53. The maximum atomic E-state index is 12.4. The van der Waals surface area contributed by atoms with Gasteiger partial charge in [0.1, 0.15) is 0 Å². The number of sulfonamides is 1. The van der Waals surface area contributed by atoms with Crippen LogP contribution in [0.4, 0.5) is 5.82 Å². The van der Waals surface area contributed by atoms with E-state index in [0.29, 0.717) is 15.6 Å². The van der Waals surface area contributed by atoms with E-state index >= 15 is 0 Å². The molecule has 0 atom stereocenters. The second-order valence-corrected chi connectivity index (χ2v) is 10.1. The van der Waals surface area contributed by atoms with Crippen LogP contribution in [0.3, 0.4) is 0 Å². The highest BCUT2D eigenvalue weighted by molar-refractivity contribution is 7.92. The number of ether oxygens (including phenoxy) is 1. The molecule has 0 saturated heterocycles. The molecule has 0 unspecified atom stereocenters. The Morgan fingerprint density at radius 1 is 1.08 bits per heavy atom. The molecule has 7 nitrogen and oxygen atoms in total. The van der Waals surface area contributed by atoms with Gasteiger partial charge >= 0.3 is 0 Å². The second-order valence-electron chi connectivity index (χ2n) is 5.26. The van der Waals surface area contributed by atoms with Crippen molar-refractivity contribution in [3.63, 3.8) is 0 Å². The quantitative estimate of drug-likeness (QED) is 0.711. The Kier molecular flexibility index (Phi) is 6.38. The Balaban J connectivity index is 2.31. The van der Waals surface area contributed by atoms with Crippen LogP contribution < -0.4 is 9.46 Å². The topological polar surface area (TPSA) is 102 Å². The van der Waals surface area contributed by atoms with Crippen LogP contribution in [0, 0.1) is 0 Å². The van der Waals surface area contributed by atoms with Crippen molar-refractivity contribution in [3.05, 3.63) is 46.1 Å². The summed E-state index contributed by atoms with van der Waals surface area (Å²) in [5.41, 5.74) is 0.388. The van der Waals surface area contributed by atoms with Gasteiger partial charge in [0, 0.05) is 22.3 Å². The summed E-state index contributed by atoms with van der Waals surface area (Å²) in [5.74, 6) is -0.631. The van der Waals surface area contributed by atoms with Crippen molar-refractivity contribution in [3.8, 4) is 5.75 Å². The molecule has 2 rings (SSSR count). The maximum Gasteiger partial charge on any atom is 0.238 e. The van der Waals surface area contributed by atoms with E-state index in [1.165, 1.54) is 38.3 Å². The van der Waals surface area contributed by atoms with Crippen LogP contribution in [0.25, 0.3) is 0 Å². The maximum absolute atomic E-state index is 12.4. The van der Waals surface area contributed by atoms with Crippen LogP contribution in [0.15, 0.2) is 35.4 Å². The summed E-state index contributed by atoms with van der Waals surface area (Å²) >= 11 is 11.7. The summed E-state index contributed by atoms with van der Waals surface area (Å²) in [5, 5.41) is 0.625.